The molecule has 1 saturated heterocycles. The van der Waals surface area contributed by atoms with Crippen molar-refractivity contribution >= 4 is 5.97 Å². The van der Waals surface area contributed by atoms with Gasteiger partial charge < -0.3 is 9.84 Å². The largest absolute Gasteiger partial charge is 0.479 e. The first kappa shape index (κ1) is 6.55. The van der Waals surface area contributed by atoms with Crippen LogP contribution in [0.25, 0.3) is 0 Å². The highest BCUT2D eigenvalue weighted by molar-refractivity contribution is 5.72. The van der Waals surface area contributed by atoms with Crippen LogP contribution in [0.5, 0.6) is 0 Å². The van der Waals surface area contributed by atoms with Crippen molar-refractivity contribution < 1.29 is 14.6 Å². The second kappa shape index (κ2) is 2.35. The highest BCUT2D eigenvalue weighted by Crippen LogP contribution is 2.18. The average molecular weight is 130 g/mol. The Morgan fingerprint density at radius 2 is 2.44 bits per heavy atom. The molecule has 0 spiro atoms. The summed E-state index contributed by atoms with van der Waals surface area (Å²) in [5.74, 6) is -0.426. The molecular formula is C6H10O3. The highest BCUT2D eigenvalue weighted by atomic mass is 16.5. The molecule has 0 aromatic rings. The molecule has 1 heterocycles. The van der Waals surface area contributed by atoms with E-state index >= 15 is 0 Å². The maximum Gasteiger partial charge on any atom is 0.332 e. The van der Waals surface area contributed by atoms with Gasteiger partial charge in [-0.1, -0.05) is 6.92 Å². The number of ether oxygens (including phenoxy) is 1. The molecule has 0 saturated carbocycles. The molecule has 1 rings (SSSR count). The van der Waals surface area contributed by atoms with Gasteiger partial charge >= 0.3 is 5.97 Å². The lowest BCUT2D eigenvalue weighted by molar-refractivity contribution is -0.147. The van der Waals surface area contributed by atoms with Crippen LogP contribution in [0.15, 0.2) is 0 Å². The molecule has 2 atom stereocenters. The third-order valence-corrected chi connectivity index (χ3v) is 1.47. The molecule has 3 heteroatoms. The average Bonchev–Trinajstić information content (AvgIpc) is 2.14. The topological polar surface area (TPSA) is 46.5 Å². The molecule has 3 nitrogen and oxygen atoms in total. The lowest BCUT2D eigenvalue weighted by Gasteiger charge is -1.99. The molecule has 0 aromatic carbocycles. The van der Waals surface area contributed by atoms with Crippen LogP contribution in [0.1, 0.15) is 13.3 Å². The number of rotatable bonds is 1. The standard InChI is InChI=1S/C6H10O3/c1-4-2-5(6(7)8)9-3-4/h4-5H,2-3H2,1H3,(H,7,8)/t4-,5+/m1/s1. The molecule has 1 aliphatic heterocycles. The molecule has 0 bridgehead atoms. The maximum absolute atomic E-state index is 10.2. The summed E-state index contributed by atoms with van der Waals surface area (Å²) in [5, 5.41) is 8.41. The van der Waals surface area contributed by atoms with Gasteiger partial charge in [-0.3, -0.25) is 0 Å². The van der Waals surface area contributed by atoms with E-state index in [2.05, 4.69) is 0 Å². The van der Waals surface area contributed by atoms with Crippen LogP contribution in [0.4, 0.5) is 0 Å². The molecule has 0 amide bonds. The zero-order valence-electron chi connectivity index (χ0n) is 5.33. The predicted octanol–water partition coefficient (Wildman–Crippen LogP) is 0.496. The monoisotopic (exact) mass is 130 g/mol. The third-order valence-electron chi connectivity index (χ3n) is 1.47. The molecule has 1 fully saturated rings. The van der Waals surface area contributed by atoms with Gasteiger partial charge in [0.2, 0.25) is 0 Å². The van der Waals surface area contributed by atoms with E-state index in [1.54, 1.807) is 0 Å². The summed E-state index contributed by atoms with van der Waals surface area (Å²) in [7, 11) is 0. The zero-order chi connectivity index (χ0) is 6.85. The van der Waals surface area contributed by atoms with Crippen LogP contribution < -0.4 is 0 Å². The number of carboxylic acids is 1. The summed E-state index contributed by atoms with van der Waals surface area (Å²) in [6.45, 7) is 2.58. The molecule has 0 aliphatic carbocycles. The van der Waals surface area contributed by atoms with Crippen LogP contribution >= 0.6 is 0 Å². The van der Waals surface area contributed by atoms with Crippen molar-refractivity contribution in [3.05, 3.63) is 0 Å². The van der Waals surface area contributed by atoms with Crippen molar-refractivity contribution in [2.75, 3.05) is 6.61 Å². The Bertz CT molecular complexity index is 121. The van der Waals surface area contributed by atoms with Crippen molar-refractivity contribution in [2.45, 2.75) is 19.4 Å². The van der Waals surface area contributed by atoms with Crippen molar-refractivity contribution in [3.8, 4) is 0 Å². The molecular weight excluding hydrogens is 120 g/mol. The number of carboxylic acid groups (broad SMARTS) is 1. The van der Waals surface area contributed by atoms with Gasteiger partial charge in [0.25, 0.3) is 0 Å². The van der Waals surface area contributed by atoms with E-state index in [4.69, 9.17) is 9.84 Å². The van der Waals surface area contributed by atoms with Gasteiger partial charge in [0.15, 0.2) is 6.10 Å². The minimum absolute atomic E-state index is 0.408. The lowest BCUT2D eigenvalue weighted by atomic mass is 10.1. The summed E-state index contributed by atoms with van der Waals surface area (Å²) < 4.78 is 4.93. The SMILES string of the molecule is C[C@H]1CO[C@H](C(=O)O)C1. The first-order chi connectivity index (χ1) is 4.20. The lowest BCUT2D eigenvalue weighted by Crippen LogP contribution is -2.17. The van der Waals surface area contributed by atoms with Crippen molar-refractivity contribution in [3.63, 3.8) is 0 Å². The van der Waals surface area contributed by atoms with Crippen LogP contribution in [0, 0.1) is 5.92 Å². The number of carbonyl (C=O) groups is 1. The number of hydrogen-bond donors (Lipinski definition) is 1. The maximum atomic E-state index is 10.2. The summed E-state index contributed by atoms with van der Waals surface area (Å²) in [5.41, 5.74) is 0. The first-order valence-electron chi connectivity index (χ1n) is 3.04. The minimum atomic E-state index is -0.834. The molecule has 1 N–H and O–H groups in total. The smallest absolute Gasteiger partial charge is 0.332 e. The van der Waals surface area contributed by atoms with Gasteiger partial charge in [0, 0.05) is 0 Å². The van der Waals surface area contributed by atoms with Crippen LogP contribution in [-0.2, 0) is 9.53 Å². The van der Waals surface area contributed by atoms with Crippen LogP contribution in [0.2, 0.25) is 0 Å². The number of aliphatic carboxylic acids is 1. The van der Waals surface area contributed by atoms with Crippen LogP contribution in [0.3, 0.4) is 0 Å². The van der Waals surface area contributed by atoms with Gasteiger partial charge in [-0.25, -0.2) is 4.79 Å². The first-order valence-corrected chi connectivity index (χ1v) is 3.04. The van der Waals surface area contributed by atoms with Gasteiger partial charge in [-0.2, -0.15) is 0 Å². The highest BCUT2D eigenvalue weighted by Gasteiger charge is 2.27. The summed E-state index contributed by atoms with van der Waals surface area (Å²) in [6.07, 6.45) is 0.120. The summed E-state index contributed by atoms with van der Waals surface area (Å²) in [6, 6.07) is 0. The Morgan fingerprint density at radius 3 is 2.67 bits per heavy atom. The van der Waals surface area contributed by atoms with Gasteiger partial charge in [0.05, 0.1) is 6.61 Å². The van der Waals surface area contributed by atoms with Gasteiger partial charge in [0.1, 0.15) is 0 Å². The fourth-order valence-electron chi connectivity index (χ4n) is 0.954. The van der Waals surface area contributed by atoms with E-state index in [0.29, 0.717) is 18.9 Å². The normalized spacial score (nSPS) is 34.8. The van der Waals surface area contributed by atoms with Crippen LogP contribution in [-0.4, -0.2) is 23.8 Å². The molecule has 0 aromatic heterocycles. The van der Waals surface area contributed by atoms with Crippen molar-refractivity contribution in [1.82, 2.24) is 0 Å². The molecule has 9 heavy (non-hydrogen) atoms. The van der Waals surface area contributed by atoms with Gasteiger partial charge in [-0.05, 0) is 12.3 Å². The zero-order valence-corrected chi connectivity index (χ0v) is 5.33. The predicted molar refractivity (Wildman–Crippen MR) is 31.2 cm³/mol. The Hall–Kier alpha value is -0.570. The van der Waals surface area contributed by atoms with E-state index in [1.807, 2.05) is 6.92 Å². The fraction of sp³-hybridized carbons (Fsp3) is 0.833. The second-order valence-corrected chi connectivity index (χ2v) is 2.50. The van der Waals surface area contributed by atoms with Crippen molar-refractivity contribution in [1.29, 1.82) is 0 Å². The van der Waals surface area contributed by atoms with E-state index in [9.17, 15) is 4.79 Å². The third kappa shape index (κ3) is 1.42. The molecule has 1 aliphatic rings. The molecule has 0 unspecified atom stereocenters. The van der Waals surface area contributed by atoms with E-state index < -0.39 is 12.1 Å². The molecule has 52 valence electrons. The summed E-state index contributed by atoms with van der Waals surface area (Å²) in [4.78, 5) is 10.2. The summed E-state index contributed by atoms with van der Waals surface area (Å²) >= 11 is 0. The van der Waals surface area contributed by atoms with E-state index in [1.165, 1.54) is 0 Å². The quantitative estimate of drug-likeness (QED) is 0.562. The fourth-order valence-corrected chi connectivity index (χ4v) is 0.954. The minimum Gasteiger partial charge on any atom is -0.479 e. The Kier molecular flexibility index (Phi) is 1.71. The molecule has 0 radical (unpaired) electrons. The van der Waals surface area contributed by atoms with Gasteiger partial charge in [-0.15, -0.1) is 0 Å². The van der Waals surface area contributed by atoms with Crippen molar-refractivity contribution in [2.24, 2.45) is 5.92 Å². The number of hydrogen-bond acceptors (Lipinski definition) is 2. The Morgan fingerprint density at radius 1 is 1.78 bits per heavy atom. The second-order valence-electron chi connectivity index (χ2n) is 2.50. The Labute approximate surface area is 53.6 Å². The van der Waals surface area contributed by atoms with E-state index in [-0.39, 0.29) is 0 Å². The van der Waals surface area contributed by atoms with E-state index in [0.717, 1.165) is 0 Å². The Balaban J connectivity index is 2.39.